The molecule has 0 saturated heterocycles. The molecule has 0 saturated carbocycles. The Morgan fingerprint density at radius 2 is 1.93 bits per heavy atom. The number of pyridine rings is 1. The topological polar surface area (TPSA) is 85.8 Å². The van der Waals surface area contributed by atoms with Crippen LogP contribution in [0.3, 0.4) is 0 Å². The van der Waals surface area contributed by atoms with Gasteiger partial charge in [-0.05, 0) is 32.4 Å². The second-order valence-corrected chi connectivity index (χ2v) is 7.03. The SMILES string of the molecule is Cc1ccccc1-c1cc(C(=O)NCC(F)(F)CN)c2cnn(C(C)C)c2n1.Cl.Cl. The third-order valence-corrected chi connectivity index (χ3v) is 4.53. The predicted octanol–water partition coefficient (Wildman–Crippen LogP) is 4.16. The molecule has 1 aromatic carbocycles. The highest BCUT2D eigenvalue weighted by molar-refractivity contribution is 6.06. The molecule has 2 aromatic heterocycles. The zero-order chi connectivity index (χ0) is 20.5. The molecule has 10 heteroatoms. The Balaban J connectivity index is 0.00000225. The highest BCUT2D eigenvalue weighted by Crippen LogP contribution is 2.28. The minimum Gasteiger partial charge on any atom is -0.346 e. The minimum absolute atomic E-state index is 0. The highest BCUT2D eigenvalue weighted by atomic mass is 35.5. The lowest BCUT2D eigenvalue weighted by Crippen LogP contribution is -2.41. The van der Waals surface area contributed by atoms with Gasteiger partial charge in [-0.25, -0.2) is 18.4 Å². The number of carbonyl (C=O) groups excluding carboxylic acids is 1. The maximum Gasteiger partial charge on any atom is 0.277 e. The smallest absolute Gasteiger partial charge is 0.277 e. The fraction of sp³-hybridized carbons (Fsp3) is 0.350. The van der Waals surface area contributed by atoms with Crippen molar-refractivity contribution in [1.29, 1.82) is 0 Å². The summed E-state index contributed by atoms with van der Waals surface area (Å²) in [7, 11) is 0. The number of hydrogen-bond donors (Lipinski definition) is 2. The van der Waals surface area contributed by atoms with Crippen LogP contribution < -0.4 is 11.1 Å². The van der Waals surface area contributed by atoms with Crippen molar-refractivity contribution in [1.82, 2.24) is 20.1 Å². The van der Waals surface area contributed by atoms with E-state index < -0.39 is 24.9 Å². The zero-order valence-electron chi connectivity index (χ0n) is 16.9. The van der Waals surface area contributed by atoms with Gasteiger partial charge in [0.25, 0.3) is 11.8 Å². The number of nitrogens with zero attached hydrogens (tertiary/aromatic N) is 3. The van der Waals surface area contributed by atoms with Gasteiger partial charge in [-0.1, -0.05) is 24.3 Å². The lowest BCUT2D eigenvalue weighted by molar-refractivity contribution is 0.0119. The van der Waals surface area contributed by atoms with E-state index in [0.717, 1.165) is 11.1 Å². The third-order valence-electron chi connectivity index (χ3n) is 4.53. The normalized spacial score (nSPS) is 11.2. The first-order valence-corrected chi connectivity index (χ1v) is 9.04. The maximum atomic E-state index is 13.5. The molecule has 6 nitrogen and oxygen atoms in total. The molecule has 0 bridgehead atoms. The van der Waals surface area contributed by atoms with Crippen molar-refractivity contribution in [2.75, 3.05) is 13.1 Å². The zero-order valence-corrected chi connectivity index (χ0v) is 18.5. The lowest BCUT2D eigenvalue weighted by atomic mass is 10.0. The van der Waals surface area contributed by atoms with Crippen LogP contribution in [0.1, 0.15) is 35.8 Å². The fourth-order valence-electron chi connectivity index (χ4n) is 2.96. The predicted molar refractivity (Wildman–Crippen MR) is 119 cm³/mol. The highest BCUT2D eigenvalue weighted by Gasteiger charge is 2.28. The standard InChI is InChI=1S/C20H23F2N5O.2ClH/c1-12(2)27-18-16(9-25-27)15(19(28)24-11-20(21,22)10-23)8-17(26-18)14-7-5-4-6-13(14)3;;/h4-9,12H,10-11,23H2,1-3H3,(H,24,28);2*1H. The summed E-state index contributed by atoms with van der Waals surface area (Å²) in [5.41, 5.74) is 8.28. The van der Waals surface area contributed by atoms with E-state index in [0.29, 0.717) is 16.7 Å². The number of aromatic nitrogens is 3. The van der Waals surface area contributed by atoms with Crippen LogP contribution in [0.2, 0.25) is 0 Å². The van der Waals surface area contributed by atoms with Crippen LogP contribution in [0, 0.1) is 6.92 Å². The Morgan fingerprint density at radius 1 is 1.27 bits per heavy atom. The van der Waals surface area contributed by atoms with Gasteiger partial charge in [0, 0.05) is 11.6 Å². The molecule has 3 N–H and O–H groups in total. The van der Waals surface area contributed by atoms with Crippen molar-refractivity contribution in [3.8, 4) is 11.3 Å². The average Bonchev–Trinajstić information content (AvgIpc) is 3.10. The van der Waals surface area contributed by atoms with Crippen molar-refractivity contribution in [3.63, 3.8) is 0 Å². The van der Waals surface area contributed by atoms with Gasteiger partial charge in [-0.2, -0.15) is 5.10 Å². The number of nitrogens with one attached hydrogen (secondary N) is 1. The molecule has 0 spiro atoms. The first kappa shape index (κ1) is 25.7. The number of fused-ring (bicyclic) bond motifs is 1. The first-order chi connectivity index (χ1) is 13.2. The summed E-state index contributed by atoms with van der Waals surface area (Å²) in [6.45, 7) is 4.19. The van der Waals surface area contributed by atoms with Gasteiger partial charge in [0.05, 0.1) is 35.9 Å². The van der Waals surface area contributed by atoms with E-state index in [1.54, 1.807) is 16.9 Å². The number of halogens is 4. The van der Waals surface area contributed by atoms with Crippen LogP contribution in [-0.2, 0) is 0 Å². The molecule has 1 amide bonds. The molecular weight excluding hydrogens is 435 g/mol. The Kier molecular flexibility index (Phi) is 8.71. The molecule has 3 rings (SSSR count). The number of nitrogens with two attached hydrogens (primary N) is 1. The molecule has 30 heavy (non-hydrogen) atoms. The second-order valence-electron chi connectivity index (χ2n) is 7.03. The molecule has 3 aromatic rings. The summed E-state index contributed by atoms with van der Waals surface area (Å²) < 4.78 is 28.7. The summed E-state index contributed by atoms with van der Waals surface area (Å²) in [5.74, 6) is -3.78. The van der Waals surface area contributed by atoms with Gasteiger partial charge in [0.2, 0.25) is 0 Å². The van der Waals surface area contributed by atoms with Crippen molar-refractivity contribution in [3.05, 3.63) is 47.7 Å². The summed E-state index contributed by atoms with van der Waals surface area (Å²) in [4.78, 5) is 17.4. The lowest BCUT2D eigenvalue weighted by Gasteiger charge is -2.15. The van der Waals surface area contributed by atoms with Crippen LogP contribution in [0.4, 0.5) is 8.78 Å². The molecule has 0 aliphatic heterocycles. The molecule has 0 unspecified atom stereocenters. The number of rotatable bonds is 6. The van der Waals surface area contributed by atoms with E-state index in [4.69, 9.17) is 10.7 Å². The Bertz CT molecular complexity index is 1020. The monoisotopic (exact) mass is 459 g/mol. The van der Waals surface area contributed by atoms with Crippen molar-refractivity contribution in [2.45, 2.75) is 32.7 Å². The Morgan fingerprint density at radius 3 is 2.53 bits per heavy atom. The van der Waals surface area contributed by atoms with E-state index in [2.05, 4.69) is 10.4 Å². The van der Waals surface area contributed by atoms with E-state index in [9.17, 15) is 13.6 Å². The number of alkyl halides is 2. The molecule has 2 heterocycles. The number of carbonyl (C=O) groups is 1. The van der Waals surface area contributed by atoms with Crippen molar-refractivity contribution >= 4 is 41.8 Å². The van der Waals surface area contributed by atoms with Gasteiger partial charge in [-0.15, -0.1) is 24.8 Å². The Labute approximate surface area is 186 Å². The molecule has 0 aliphatic carbocycles. The van der Waals surface area contributed by atoms with Crippen LogP contribution in [0.5, 0.6) is 0 Å². The van der Waals surface area contributed by atoms with Gasteiger partial charge in [0.1, 0.15) is 0 Å². The summed E-state index contributed by atoms with van der Waals surface area (Å²) >= 11 is 0. The van der Waals surface area contributed by atoms with E-state index in [1.807, 2.05) is 45.0 Å². The quantitative estimate of drug-likeness (QED) is 0.579. The number of hydrogen-bond acceptors (Lipinski definition) is 4. The fourth-order valence-corrected chi connectivity index (χ4v) is 2.96. The van der Waals surface area contributed by atoms with Crippen LogP contribution in [-0.4, -0.2) is 39.7 Å². The van der Waals surface area contributed by atoms with E-state index in [1.165, 1.54) is 0 Å². The molecule has 0 atom stereocenters. The molecule has 164 valence electrons. The van der Waals surface area contributed by atoms with Gasteiger partial charge < -0.3 is 11.1 Å². The van der Waals surface area contributed by atoms with E-state index >= 15 is 0 Å². The molecule has 0 aliphatic rings. The van der Waals surface area contributed by atoms with Gasteiger partial charge in [0.15, 0.2) is 5.65 Å². The Hall–Kier alpha value is -2.29. The number of benzene rings is 1. The van der Waals surface area contributed by atoms with Crippen molar-refractivity contribution < 1.29 is 13.6 Å². The third kappa shape index (κ3) is 5.24. The summed E-state index contributed by atoms with van der Waals surface area (Å²) in [6, 6.07) is 9.29. The molecule has 0 radical (unpaired) electrons. The summed E-state index contributed by atoms with van der Waals surface area (Å²) in [6.07, 6.45) is 1.54. The summed E-state index contributed by atoms with van der Waals surface area (Å²) in [5, 5.41) is 7.12. The van der Waals surface area contributed by atoms with Gasteiger partial charge >= 0.3 is 0 Å². The van der Waals surface area contributed by atoms with Crippen LogP contribution in [0.15, 0.2) is 36.5 Å². The van der Waals surface area contributed by atoms with Crippen LogP contribution in [0.25, 0.3) is 22.3 Å². The number of amides is 1. The maximum absolute atomic E-state index is 13.5. The number of aryl methyl sites for hydroxylation is 1. The molecule has 0 fully saturated rings. The van der Waals surface area contributed by atoms with E-state index in [-0.39, 0.29) is 36.4 Å². The van der Waals surface area contributed by atoms with Crippen molar-refractivity contribution in [2.24, 2.45) is 5.73 Å². The second kappa shape index (κ2) is 10.1. The largest absolute Gasteiger partial charge is 0.346 e. The average molecular weight is 460 g/mol. The first-order valence-electron chi connectivity index (χ1n) is 9.04. The minimum atomic E-state index is -3.16. The molecular formula is C20H25Cl2F2N5O. The van der Waals surface area contributed by atoms with Crippen LogP contribution >= 0.6 is 24.8 Å². The van der Waals surface area contributed by atoms with Gasteiger partial charge in [-0.3, -0.25) is 4.79 Å².